The minimum absolute atomic E-state index is 0.145. The van der Waals surface area contributed by atoms with Gasteiger partial charge >= 0.3 is 0 Å². The van der Waals surface area contributed by atoms with E-state index < -0.39 is 6.10 Å². The first-order valence-electron chi connectivity index (χ1n) is 6.82. The number of aromatic nitrogens is 2. The zero-order valence-electron chi connectivity index (χ0n) is 11.5. The van der Waals surface area contributed by atoms with Gasteiger partial charge in [0, 0.05) is 11.9 Å². The lowest BCUT2D eigenvalue weighted by Crippen LogP contribution is -2.22. The van der Waals surface area contributed by atoms with Gasteiger partial charge in [-0.1, -0.05) is 31.5 Å². The molecule has 0 saturated carbocycles. The number of fused-ring (bicyclic) bond motifs is 1. The summed E-state index contributed by atoms with van der Waals surface area (Å²) in [5.41, 5.74) is 1.80. The van der Waals surface area contributed by atoms with Crippen molar-refractivity contribution in [2.45, 2.75) is 45.8 Å². The second kappa shape index (κ2) is 5.97. The van der Waals surface area contributed by atoms with Crippen molar-refractivity contribution in [3.63, 3.8) is 0 Å². The van der Waals surface area contributed by atoms with Crippen LogP contribution in [-0.4, -0.2) is 26.8 Å². The normalized spacial score (nSPS) is 12.8. The summed E-state index contributed by atoms with van der Waals surface area (Å²) in [7, 11) is 0. The molecule has 1 atom stereocenters. The van der Waals surface area contributed by atoms with Gasteiger partial charge in [-0.25, -0.2) is 0 Å². The highest BCUT2D eigenvalue weighted by Gasteiger charge is 2.18. The van der Waals surface area contributed by atoms with Crippen molar-refractivity contribution in [3.05, 3.63) is 30.0 Å². The Balaban J connectivity index is 2.28. The number of para-hydroxylation sites is 1. The van der Waals surface area contributed by atoms with Crippen molar-refractivity contribution in [1.29, 1.82) is 0 Å². The maximum atomic E-state index is 11.9. The third kappa shape index (κ3) is 2.84. The Morgan fingerprint density at radius 2 is 2.11 bits per heavy atom. The van der Waals surface area contributed by atoms with E-state index in [4.69, 9.17) is 0 Å². The molecule has 19 heavy (non-hydrogen) atoms. The predicted molar refractivity (Wildman–Crippen MR) is 75.0 cm³/mol. The largest absolute Gasteiger partial charge is 0.385 e. The number of nitrogens with zero attached hydrogens (tertiary/aromatic N) is 2. The van der Waals surface area contributed by atoms with Gasteiger partial charge in [0.1, 0.15) is 6.10 Å². The fraction of sp³-hybridized carbons (Fsp3) is 0.467. The van der Waals surface area contributed by atoms with Crippen LogP contribution in [0.4, 0.5) is 0 Å². The van der Waals surface area contributed by atoms with Crippen LogP contribution >= 0.6 is 0 Å². The van der Waals surface area contributed by atoms with Crippen molar-refractivity contribution in [2.75, 3.05) is 0 Å². The number of carbonyl (C=O) groups is 1. The topological polar surface area (TPSA) is 55.1 Å². The summed E-state index contributed by atoms with van der Waals surface area (Å²) >= 11 is 0. The lowest BCUT2D eigenvalue weighted by molar-refractivity contribution is -0.126. The monoisotopic (exact) mass is 260 g/mol. The molecule has 102 valence electrons. The van der Waals surface area contributed by atoms with Crippen molar-refractivity contribution in [3.8, 4) is 0 Å². The number of rotatable bonds is 6. The van der Waals surface area contributed by atoms with Crippen molar-refractivity contribution < 1.29 is 9.90 Å². The van der Waals surface area contributed by atoms with Gasteiger partial charge in [0.25, 0.3) is 0 Å². The van der Waals surface area contributed by atoms with E-state index >= 15 is 0 Å². The molecular formula is C15H20N2O2. The molecular weight excluding hydrogens is 240 g/mol. The third-order valence-electron chi connectivity index (χ3n) is 3.31. The lowest BCUT2D eigenvalue weighted by atomic mass is 10.0. The van der Waals surface area contributed by atoms with Crippen LogP contribution in [0.15, 0.2) is 24.3 Å². The molecule has 1 heterocycles. The van der Waals surface area contributed by atoms with E-state index in [0.717, 1.165) is 29.6 Å². The fourth-order valence-corrected chi connectivity index (χ4v) is 2.29. The highest BCUT2D eigenvalue weighted by molar-refractivity contribution is 5.90. The Morgan fingerprint density at radius 3 is 2.79 bits per heavy atom. The number of hydrogen-bond donors (Lipinski definition) is 1. The minimum Gasteiger partial charge on any atom is -0.385 e. The van der Waals surface area contributed by atoms with Crippen LogP contribution in [0.5, 0.6) is 0 Å². The number of aliphatic hydroxyl groups is 1. The maximum Gasteiger partial charge on any atom is 0.167 e. The molecule has 1 aromatic heterocycles. The minimum atomic E-state index is -0.865. The molecule has 4 nitrogen and oxygen atoms in total. The van der Waals surface area contributed by atoms with E-state index in [9.17, 15) is 9.90 Å². The fourth-order valence-electron chi connectivity index (χ4n) is 2.29. The van der Waals surface area contributed by atoms with E-state index in [2.05, 4.69) is 5.10 Å². The molecule has 1 aromatic carbocycles. The van der Waals surface area contributed by atoms with Crippen LogP contribution in [-0.2, 0) is 17.8 Å². The summed E-state index contributed by atoms with van der Waals surface area (Å²) in [5, 5.41) is 15.2. The summed E-state index contributed by atoms with van der Waals surface area (Å²) in [5.74, 6) is -0.145. The third-order valence-corrected chi connectivity index (χ3v) is 3.31. The summed E-state index contributed by atoms with van der Waals surface area (Å²) in [6, 6.07) is 7.89. The van der Waals surface area contributed by atoms with Crippen molar-refractivity contribution in [2.24, 2.45) is 0 Å². The number of hydrogen-bond acceptors (Lipinski definition) is 3. The number of ketones is 1. The highest BCUT2D eigenvalue weighted by atomic mass is 16.3. The maximum absolute atomic E-state index is 11.9. The van der Waals surface area contributed by atoms with Gasteiger partial charge in [-0.2, -0.15) is 5.10 Å². The highest BCUT2D eigenvalue weighted by Crippen LogP contribution is 2.19. The van der Waals surface area contributed by atoms with E-state index in [1.54, 1.807) is 0 Å². The van der Waals surface area contributed by atoms with E-state index in [0.29, 0.717) is 6.42 Å². The van der Waals surface area contributed by atoms with Crippen LogP contribution < -0.4 is 0 Å². The lowest BCUT2D eigenvalue weighted by Gasteiger charge is -2.06. The van der Waals surface area contributed by atoms with E-state index in [-0.39, 0.29) is 12.2 Å². The molecule has 0 saturated heterocycles. The molecule has 2 rings (SSSR count). The number of carbonyl (C=O) groups excluding carboxylic acids is 1. The van der Waals surface area contributed by atoms with Gasteiger partial charge in [-0.3, -0.25) is 9.48 Å². The zero-order chi connectivity index (χ0) is 13.8. The second-order valence-electron chi connectivity index (χ2n) is 4.73. The van der Waals surface area contributed by atoms with E-state index in [1.165, 1.54) is 0 Å². The molecule has 0 bridgehead atoms. The molecule has 4 heteroatoms. The van der Waals surface area contributed by atoms with Crippen molar-refractivity contribution in [1.82, 2.24) is 9.78 Å². The standard InChI is InChI=1S/C15H20N2O2/c1-3-7-14(18)15(19)10-12-11-8-5-6-9-13(11)17(4-2)16-12/h5-6,8-9,14,18H,3-4,7,10H2,1-2H3. The van der Waals surface area contributed by atoms with Crippen LogP contribution in [0.1, 0.15) is 32.4 Å². The number of aliphatic hydroxyl groups excluding tert-OH is 1. The van der Waals surface area contributed by atoms with Gasteiger partial charge in [-0.05, 0) is 19.4 Å². The molecule has 0 radical (unpaired) electrons. The average molecular weight is 260 g/mol. The number of Topliss-reactive ketones (excluding diaryl/α,β-unsaturated/α-hetero) is 1. The van der Waals surface area contributed by atoms with Crippen LogP contribution in [0.2, 0.25) is 0 Å². The molecule has 0 spiro atoms. The Bertz CT molecular complexity index is 575. The Kier molecular flexibility index (Phi) is 4.32. The van der Waals surface area contributed by atoms with Gasteiger partial charge < -0.3 is 5.11 Å². The molecule has 0 amide bonds. The molecule has 0 fully saturated rings. The first-order valence-corrected chi connectivity index (χ1v) is 6.82. The molecule has 0 aliphatic rings. The average Bonchev–Trinajstić information content (AvgIpc) is 2.77. The van der Waals surface area contributed by atoms with Gasteiger partial charge in [0.15, 0.2) is 5.78 Å². The molecule has 1 N–H and O–H groups in total. The van der Waals surface area contributed by atoms with Crippen molar-refractivity contribution >= 4 is 16.7 Å². The van der Waals surface area contributed by atoms with E-state index in [1.807, 2.05) is 42.8 Å². The number of aryl methyl sites for hydroxylation is 1. The summed E-state index contributed by atoms with van der Waals surface area (Å²) in [6.07, 6.45) is 0.660. The quantitative estimate of drug-likeness (QED) is 0.867. The molecule has 0 aliphatic carbocycles. The smallest absolute Gasteiger partial charge is 0.167 e. The van der Waals surface area contributed by atoms with Crippen LogP contribution in [0, 0.1) is 0 Å². The van der Waals surface area contributed by atoms with Gasteiger partial charge in [0.05, 0.1) is 17.6 Å². The number of benzene rings is 1. The van der Waals surface area contributed by atoms with Crippen LogP contribution in [0.3, 0.4) is 0 Å². The Hall–Kier alpha value is -1.68. The molecule has 0 aliphatic heterocycles. The Labute approximate surface area is 113 Å². The van der Waals surface area contributed by atoms with Crippen LogP contribution in [0.25, 0.3) is 10.9 Å². The zero-order valence-corrected chi connectivity index (χ0v) is 11.5. The first-order chi connectivity index (χ1) is 9.17. The summed E-state index contributed by atoms with van der Waals surface area (Å²) in [6.45, 7) is 4.75. The summed E-state index contributed by atoms with van der Waals surface area (Å²) < 4.78 is 1.89. The molecule has 1 unspecified atom stereocenters. The first kappa shape index (κ1) is 13.7. The predicted octanol–water partition coefficient (Wildman–Crippen LogP) is 2.33. The van der Waals surface area contributed by atoms with Gasteiger partial charge in [0.2, 0.25) is 0 Å². The summed E-state index contributed by atoms with van der Waals surface area (Å²) in [4.78, 5) is 11.9. The SMILES string of the molecule is CCCC(O)C(=O)Cc1nn(CC)c2ccccc12. The Morgan fingerprint density at radius 1 is 1.37 bits per heavy atom. The molecule has 2 aromatic rings. The second-order valence-corrected chi connectivity index (χ2v) is 4.73. The van der Waals surface area contributed by atoms with Gasteiger partial charge in [-0.15, -0.1) is 0 Å².